The minimum absolute atomic E-state index is 0. The monoisotopic (exact) mass is 2020 g/mol. The number of ether oxygens (including phenoxy) is 3. The van der Waals surface area contributed by atoms with Crippen LogP contribution in [0, 0.1) is 0 Å². The standard InChI is InChI=1S/C54H71N15O12.C37H42N4O13.C2HF3O2.ClH/c1-32(60-42(71)17-7-4-12-28-69-43(72)24-25-44(69)73)48(74)65-40(29-33-13-5-3-6-14-33)51(77)62-37(15-8-10-26-55)50(76)64-38(52(78)79)16-9-11-27-58-41(70)23-22-39(53(80)81)63-49(75)34-18-20-36(21-19-34)68(2)31-35-30-59-47-45(61-35)46(56)66-54(57)67-47;1-17-32(46)20(38)13-27(53-17)54-22-15-37(51,23(16-42)39-40-24(43)9-4-3-5-12-41-25(44)10-11-26(41)45)14-19-29(22)36(50)31-30(34(19)48)33(47)18-7-6-8-21(52-2)28(18)35(31)49;3-2(4,5)1(6)7;/h3,5-6,13-14,18-21,24-25,30,32,37-40H,4,7-12,15-17,22-23,26-29,31,55H2,1-2H3,(H,58,70)(H,60,71)(H,62,77)(H,63,75)(H,64,76)(H,65,74)(H,78,79)(H,80,81)(H4,56,57,59,66,67);6-8,10-11,17,20,22,27,32,42,46,48,50-51H,3-5,9,12-16,38H2,1-2H3,(H,40,43);(H,6,7);1H/b;39-23+;;/t32-,37+,38+,39+,40+;17-,20-,22-,27-,32+,37-;;/m10../s1. The van der Waals surface area contributed by atoms with Gasteiger partial charge >= 0.3 is 24.1 Å². The molecule has 0 spiro atoms. The number of phenolic OH excluding ortho intramolecular Hbond substituents is 2. The molecule has 5 heterocycles. The first kappa shape index (κ1) is 114. The molecule has 0 unspecified atom stereocenters. The molecule has 2 aromatic heterocycles. The van der Waals surface area contributed by atoms with Gasteiger partial charge in [0.25, 0.3) is 29.5 Å². The van der Waals surface area contributed by atoms with E-state index in [4.69, 9.17) is 47.0 Å². The van der Waals surface area contributed by atoms with Crippen LogP contribution in [0.3, 0.4) is 0 Å². The van der Waals surface area contributed by atoms with Gasteiger partial charge in [0.2, 0.25) is 47.2 Å². The number of unbranched alkanes of at least 4 members (excludes halogenated alkanes) is 6. The molecule has 23 N–H and O–H groups in total. The number of carbonyl (C=O) groups is 16. The average molecular weight is 2020 g/mol. The van der Waals surface area contributed by atoms with Gasteiger partial charge in [0.1, 0.15) is 53.1 Å². The van der Waals surface area contributed by atoms with Crippen molar-refractivity contribution in [3.05, 3.63) is 153 Å². The van der Waals surface area contributed by atoms with Crippen LogP contribution < -0.4 is 69.9 Å². The van der Waals surface area contributed by atoms with Crippen LogP contribution in [0.4, 0.5) is 30.6 Å². The lowest BCUT2D eigenvalue weighted by Crippen LogP contribution is -2.58. The number of amides is 11. The average Bonchev–Trinajstić information content (AvgIpc) is 1.38. The zero-order chi connectivity index (χ0) is 104. The van der Waals surface area contributed by atoms with Crippen LogP contribution in [-0.4, -0.2) is 284 Å². The van der Waals surface area contributed by atoms with Crippen molar-refractivity contribution in [1.29, 1.82) is 0 Å². The molecule has 772 valence electrons. The van der Waals surface area contributed by atoms with Crippen LogP contribution >= 0.6 is 12.4 Å². The number of ketones is 2. The quantitative estimate of drug-likeness (QED) is 0.00850. The minimum Gasteiger partial charge on any atom is -0.507 e. The molecule has 0 bridgehead atoms. The predicted molar refractivity (Wildman–Crippen MR) is 503 cm³/mol. The number of nitrogen functional groups attached to an aromatic ring is 2. The number of anilines is 3. The molecule has 1 saturated heterocycles. The van der Waals surface area contributed by atoms with Crippen molar-refractivity contribution in [3.8, 4) is 17.2 Å². The van der Waals surface area contributed by atoms with E-state index >= 15 is 0 Å². The second-order valence-electron chi connectivity index (χ2n) is 34.0. The number of alkyl halides is 3. The summed E-state index contributed by atoms with van der Waals surface area (Å²) in [6.07, 6.45) is -0.239. The summed E-state index contributed by atoms with van der Waals surface area (Å²) in [5, 5.41) is 103. The number of hydrogen-bond acceptors (Lipinski definition) is 34. The fourth-order valence-electron chi connectivity index (χ4n) is 16.0. The number of benzene rings is 4. The molecular weight excluding hydrogens is 1910 g/mol. The van der Waals surface area contributed by atoms with Crippen LogP contribution in [0.15, 0.2) is 108 Å². The number of methoxy groups -OCH3 is 1. The Morgan fingerprint density at radius 1 is 0.664 bits per heavy atom. The lowest BCUT2D eigenvalue weighted by molar-refractivity contribution is -0.245. The number of rotatable bonds is 46. The first-order valence-corrected chi connectivity index (χ1v) is 45.4. The maximum Gasteiger partial charge on any atom is 0.490 e. The van der Waals surface area contributed by atoms with E-state index in [1.807, 2.05) is 4.90 Å². The molecular formula is C93H115ClF3N19O27. The second kappa shape index (κ2) is 52.7. The fraction of sp³-hybridized carbons (Fsp3) is 0.452. The zero-order valence-corrected chi connectivity index (χ0v) is 79.1. The van der Waals surface area contributed by atoms with Gasteiger partial charge in [-0.25, -0.2) is 29.8 Å². The molecule has 2 aliphatic carbocycles. The Balaban J connectivity index is 0.000000346. The van der Waals surface area contributed by atoms with Crippen LogP contribution in [0.2, 0.25) is 0 Å². The van der Waals surface area contributed by atoms with Crippen LogP contribution in [0.5, 0.6) is 17.2 Å². The summed E-state index contributed by atoms with van der Waals surface area (Å²) >= 11 is 0. The van der Waals surface area contributed by atoms with Crippen molar-refractivity contribution in [2.75, 3.05) is 63.3 Å². The number of aromatic hydroxyl groups is 2. The number of aliphatic carboxylic acids is 3. The molecule has 11 atom stereocenters. The van der Waals surface area contributed by atoms with Crippen LogP contribution in [-0.2, 0) is 91.2 Å². The number of halogens is 4. The van der Waals surface area contributed by atoms with Gasteiger partial charge in [0.15, 0.2) is 29.1 Å². The van der Waals surface area contributed by atoms with E-state index in [0.717, 1.165) is 9.80 Å². The first-order valence-electron chi connectivity index (χ1n) is 45.4. The Bertz CT molecular complexity index is 5740. The summed E-state index contributed by atoms with van der Waals surface area (Å²) in [7, 11) is 3.11. The summed E-state index contributed by atoms with van der Waals surface area (Å²) in [6, 6.07) is 12.4. The predicted octanol–water partition coefficient (Wildman–Crippen LogP) is 1.82. The first-order chi connectivity index (χ1) is 67.4. The molecule has 46 nitrogen and oxygen atoms in total. The SMILES string of the molecule is COc1cccc2c1C(=O)c1c(O)c3c(c(O)c1C2=O)C[C@@](O)(/C(CO)=N/NC(=O)CCCCCN1C(=O)C=CC1=O)C[C@@H]3O[C@H]1C[C@H](N)[C@H](O)[C@H](C)O1.C[C@@H](NC(=O)CCCCCN1C(=O)C=CC1=O)C(=O)N[C@@H](Cc1ccccc1)C(=O)N[C@@H](CCCCN)C(=O)N[C@@H](CCCCNC(=O)CC[C@H](NC(=O)c1ccc(N(C)Cc2cnc3nc(N)nc(N)c3n2)cc1)C(=O)O)C(=O)O.Cl.O=C(O)C(F)(F)F. The number of nitrogens with zero attached hydrogens (tertiary/aromatic N) is 8. The normalized spacial score (nSPS) is 18.3. The van der Waals surface area contributed by atoms with E-state index in [9.17, 15) is 121 Å². The van der Waals surface area contributed by atoms with Crippen LogP contribution in [0.1, 0.15) is 200 Å². The Kier molecular flexibility index (Phi) is 41.9. The highest BCUT2D eigenvalue weighted by molar-refractivity contribution is 6.31. The number of phenols is 2. The molecule has 4 aromatic carbocycles. The second-order valence-corrected chi connectivity index (χ2v) is 34.0. The van der Waals surface area contributed by atoms with E-state index in [0.29, 0.717) is 80.4 Å². The summed E-state index contributed by atoms with van der Waals surface area (Å²) < 4.78 is 49.1. The minimum atomic E-state index is -5.08. The van der Waals surface area contributed by atoms with E-state index in [1.54, 1.807) is 56.4 Å². The van der Waals surface area contributed by atoms with Gasteiger partial charge in [0, 0.05) is 130 Å². The molecule has 3 aliphatic heterocycles. The molecule has 50 heteroatoms. The summed E-state index contributed by atoms with van der Waals surface area (Å²) in [6.45, 7) is 3.27. The number of carboxylic acid groups (broad SMARTS) is 3. The lowest BCUT2D eigenvalue weighted by atomic mass is 9.71. The number of imide groups is 2. The van der Waals surface area contributed by atoms with Gasteiger partial charge in [-0.3, -0.25) is 72.1 Å². The molecule has 6 aromatic rings. The van der Waals surface area contributed by atoms with E-state index in [1.165, 1.54) is 74.9 Å². The van der Waals surface area contributed by atoms with Gasteiger partial charge in [-0.05, 0) is 127 Å². The van der Waals surface area contributed by atoms with Gasteiger partial charge in [0.05, 0.1) is 72.9 Å². The van der Waals surface area contributed by atoms with Crippen molar-refractivity contribution in [2.45, 2.75) is 221 Å². The highest BCUT2D eigenvalue weighted by Gasteiger charge is 2.51. The highest BCUT2D eigenvalue weighted by Crippen LogP contribution is 2.53. The third-order valence-electron chi connectivity index (χ3n) is 23.6. The molecule has 0 saturated carbocycles. The topological polar surface area (TPSA) is 725 Å². The van der Waals surface area contributed by atoms with Gasteiger partial charge in [-0.1, -0.05) is 55.3 Å². The number of aromatic nitrogens is 4. The number of aliphatic hydroxyl groups is 3. The van der Waals surface area contributed by atoms with E-state index in [-0.39, 0.29) is 171 Å². The van der Waals surface area contributed by atoms with Gasteiger partial charge in [-0.2, -0.15) is 28.2 Å². The van der Waals surface area contributed by atoms with Crippen molar-refractivity contribution >= 4 is 141 Å². The van der Waals surface area contributed by atoms with Crippen molar-refractivity contribution in [3.63, 3.8) is 0 Å². The largest absolute Gasteiger partial charge is 0.507 e. The Morgan fingerprint density at radius 3 is 1.83 bits per heavy atom. The van der Waals surface area contributed by atoms with E-state index in [2.05, 4.69) is 62.4 Å². The zero-order valence-electron chi connectivity index (χ0n) is 78.2. The number of nitrogens with two attached hydrogens (primary N) is 4. The fourth-order valence-corrected chi connectivity index (χ4v) is 16.0. The van der Waals surface area contributed by atoms with Crippen LogP contribution in [0.25, 0.3) is 11.2 Å². The van der Waals surface area contributed by atoms with Gasteiger partial charge < -0.3 is 115 Å². The Hall–Kier alpha value is -14.6. The number of aliphatic hydroxyl groups excluding tert-OH is 2. The summed E-state index contributed by atoms with van der Waals surface area (Å²) in [5.41, 5.74) is 24.4. The Labute approximate surface area is 821 Å². The van der Waals surface area contributed by atoms with Crippen molar-refractivity contribution in [1.82, 2.24) is 67.1 Å². The summed E-state index contributed by atoms with van der Waals surface area (Å²) in [4.78, 5) is 221. The summed E-state index contributed by atoms with van der Waals surface area (Å²) in [5.74, 6) is -14.2. The number of carboxylic acids is 3. The number of hydrazone groups is 1. The van der Waals surface area contributed by atoms with Crippen molar-refractivity contribution in [2.24, 2.45) is 16.6 Å². The molecule has 143 heavy (non-hydrogen) atoms. The Morgan fingerprint density at radius 2 is 1.24 bits per heavy atom. The highest BCUT2D eigenvalue weighted by atomic mass is 35.5. The molecule has 5 aliphatic rings. The number of carbonyl (C=O) groups excluding carboxylic acids is 13. The molecule has 11 rings (SSSR count). The van der Waals surface area contributed by atoms with Gasteiger partial charge in [-0.15, -0.1) is 12.4 Å². The molecule has 0 radical (unpaired) electrons. The number of nitrogens with one attached hydrogen (secondary N) is 7. The van der Waals surface area contributed by atoms with E-state index < -0.39 is 197 Å². The number of fused-ring (bicyclic) bond motifs is 4. The maximum atomic E-state index is 14.0. The molecule has 11 amide bonds. The lowest BCUT2D eigenvalue weighted by Gasteiger charge is -2.43. The maximum absolute atomic E-state index is 14.0. The third kappa shape index (κ3) is 31.2. The molecule has 1 fully saturated rings. The van der Waals surface area contributed by atoms with Crippen molar-refractivity contribution < 1.29 is 145 Å². The third-order valence-corrected chi connectivity index (χ3v) is 23.6. The smallest absolute Gasteiger partial charge is 0.490 e. The number of hydrogen-bond donors (Lipinski definition) is 19.